The first kappa shape index (κ1) is 12.9. The predicted octanol–water partition coefficient (Wildman–Crippen LogP) is 4.22. The number of nitrogen functional groups attached to an aromatic ring is 1. The fraction of sp³-hybridized carbons (Fsp3) is 0.533. The maximum Gasteiger partial charge on any atom is 0.205 e. The molecule has 4 heteroatoms. The molecule has 1 saturated carbocycles. The molecule has 0 saturated heterocycles. The van der Waals surface area contributed by atoms with Crippen LogP contribution in [0.15, 0.2) is 22.6 Å². The third-order valence-corrected chi connectivity index (χ3v) is 5.10. The number of oxazole rings is 1. The molecule has 0 amide bonds. The first-order chi connectivity index (χ1) is 9.20. The fourth-order valence-electron chi connectivity index (χ4n) is 2.77. The van der Waals surface area contributed by atoms with Crippen LogP contribution in [0.2, 0.25) is 0 Å². The van der Waals surface area contributed by atoms with Crippen LogP contribution in [0.25, 0.3) is 11.1 Å². The van der Waals surface area contributed by atoms with Gasteiger partial charge in [-0.2, -0.15) is 0 Å². The molecule has 0 radical (unpaired) electrons. The summed E-state index contributed by atoms with van der Waals surface area (Å²) >= 11 is 1.99. The summed E-state index contributed by atoms with van der Waals surface area (Å²) in [5, 5.41) is 0.767. The molecule has 2 atom stereocenters. The quantitative estimate of drug-likeness (QED) is 0.853. The van der Waals surface area contributed by atoms with Crippen molar-refractivity contribution in [2.24, 2.45) is 5.92 Å². The highest BCUT2D eigenvalue weighted by Gasteiger charge is 2.20. The van der Waals surface area contributed by atoms with Gasteiger partial charge in [0.2, 0.25) is 5.89 Å². The van der Waals surface area contributed by atoms with Crippen LogP contribution >= 0.6 is 11.8 Å². The topological polar surface area (TPSA) is 52.0 Å². The maximum atomic E-state index is 5.75. The first-order valence-electron chi connectivity index (χ1n) is 6.97. The summed E-state index contributed by atoms with van der Waals surface area (Å²) in [6.45, 7) is 2.36. The zero-order valence-electron chi connectivity index (χ0n) is 11.3. The van der Waals surface area contributed by atoms with E-state index in [2.05, 4.69) is 11.9 Å². The van der Waals surface area contributed by atoms with Crippen molar-refractivity contribution in [1.82, 2.24) is 4.98 Å². The van der Waals surface area contributed by atoms with Crippen molar-refractivity contribution in [2.45, 2.75) is 43.6 Å². The average Bonchev–Trinajstić information content (AvgIpc) is 2.78. The highest BCUT2D eigenvalue weighted by atomic mass is 32.2. The van der Waals surface area contributed by atoms with E-state index < -0.39 is 0 Å². The van der Waals surface area contributed by atoms with E-state index >= 15 is 0 Å². The molecule has 102 valence electrons. The highest BCUT2D eigenvalue weighted by Crippen LogP contribution is 2.33. The van der Waals surface area contributed by atoms with Crippen molar-refractivity contribution >= 4 is 28.5 Å². The van der Waals surface area contributed by atoms with Gasteiger partial charge >= 0.3 is 0 Å². The predicted molar refractivity (Wildman–Crippen MR) is 81.1 cm³/mol. The Balaban J connectivity index is 1.65. The van der Waals surface area contributed by atoms with Crippen LogP contribution in [0.1, 0.15) is 38.5 Å². The van der Waals surface area contributed by atoms with Gasteiger partial charge in [-0.15, -0.1) is 11.8 Å². The Morgan fingerprint density at radius 1 is 1.42 bits per heavy atom. The minimum atomic E-state index is 0.726. The Morgan fingerprint density at radius 2 is 2.32 bits per heavy atom. The van der Waals surface area contributed by atoms with E-state index in [1.807, 2.05) is 30.0 Å². The second kappa shape index (κ2) is 5.45. The Kier molecular flexibility index (Phi) is 3.69. The minimum absolute atomic E-state index is 0.726. The van der Waals surface area contributed by atoms with Gasteiger partial charge in [-0.1, -0.05) is 19.8 Å². The van der Waals surface area contributed by atoms with E-state index in [0.29, 0.717) is 0 Å². The summed E-state index contributed by atoms with van der Waals surface area (Å²) in [7, 11) is 0. The minimum Gasteiger partial charge on any atom is -0.440 e. The summed E-state index contributed by atoms with van der Waals surface area (Å²) in [5.41, 5.74) is 8.18. The molecule has 2 unspecified atom stereocenters. The molecule has 19 heavy (non-hydrogen) atoms. The van der Waals surface area contributed by atoms with E-state index in [0.717, 1.165) is 39.6 Å². The van der Waals surface area contributed by atoms with Crippen LogP contribution in [0.3, 0.4) is 0 Å². The molecule has 3 rings (SSSR count). The van der Waals surface area contributed by atoms with E-state index in [4.69, 9.17) is 10.2 Å². The Morgan fingerprint density at radius 3 is 3.16 bits per heavy atom. The lowest BCUT2D eigenvalue weighted by Gasteiger charge is -2.25. The van der Waals surface area contributed by atoms with Crippen LogP contribution in [0.4, 0.5) is 5.69 Å². The van der Waals surface area contributed by atoms with Gasteiger partial charge in [0.15, 0.2) is 5.58 Å². The lowest BCUT2D eigenvalue weighted by Crippen LogP contribution is -2.15. The lowest BCUT2D eigenvalue weighted by atomic mass is 9.91. The molecule has 0 spiro atoms. The van der Waals surface area contributed by atoms with Crippen molar-refractivity contribution < 1.29 is 4.42 Å². The van der Waals surface area contributed by atoms with Gasteiger partial charge in [-0.3, -0.25) is 0 Å². The van der Waals surface area contributed by atoms with Crippen LogP contribution in [-0.4, -0.2) is 10.2 Å². The van der Waals surface area contributed by atoms with Crippen LogP contribution in [-0.2, 0) is 5.75 Å². The van der Waals surface area contributed by atoms with Crippen LogP contribution < -0.4 is 5.73 Å². The molecular formula is C15H20N2OS. The molecule has 1 aromatic heterocycles. The van der Waals surface area contributed by atoms with Gasteiger partial charge < -0.3 is 10.2 Å². The number of fused-ring (bicyclic) bond motifs is 1. The van der Waals surface area contributed by atoms with Crippen molar-refractivity contribution in [3.8, 4) is 0 Å². The standard InChI is InChI=1S/C15H20N2OS/c1-10-3-2-4-12(7-10)19-9-15-17-13-6-5-11(16)8-14(13)18-15/h5-6,8,10,12H,2-4,7,9,16H2,1H3. The van der Waals surface area contributed by atoms with E-state index in [9.17, 15) is 0 Å². The fourth-order valence-corrected chi connectivity index (χ4v) is 4.07. The summed E-state index contributed by atoms with van der Waals surface area (Å²) in [6.07, 6.45) is 5.42. The molecule has 0 bridgehead atoms. The van der Waals surface area contributed by atoms with Gasteiger partial charge in [0.1, 0.15) is 5.52 Å². The normalized spacial score (nSPS) is 23.8. The molecule has 0 aliphatic heterocycles. The summed E-state index contributed by atoms with van der Waals surface area (Å²) < 4.78 is 5.75. The second-order valence-electron chi connectivity index (χ2n) is 5.54. The number of hydrogen-bond acceptors (Lipinski definition) is 4. The number of nitrogens with zero attached hydrogens (tertiary/aromatic N) is 1. The average molecular weight is 276 g/mol. The Bertz CT molecular complexity index is 566. The Labute approximate surface area is 118 Å². The molecule has 1 aliphatic rings. The molecule has 2 N–H and O–H groups in total. The number of aromatic nitrogens is 1. The van der Waals surface area contributed by atoms with E-state index in [-0.39, 0.29) is 0 Å². The molecule has 1 aromatic carbocycles. The summed E-state index contributed by atoms with van der Waals surface area (Å²) in [6, 6.07) is 5.63. The van der Waals surface area contributed by atoms with Gasteiger partial charge in [-0.25, -0.2) is 4.98 Å². The zero-order valence-corrected chi connectivity index (χ0v) is 12.1. The zero-order chi connectivity index (χ0) is 13.2. The number of benzene rings is 1. The van der Waals surface area contributed by atoms with Crippen LogP contribution in [0, 0.1) is 5.92 Å². The van der Waals surface area contributed by atoms with Gasteiger partial charge in [0, 0.05) is 17.0 Å². The molecule has 3 nitrogen and oxygen atoms in total. The lowest BCUT2D eigenvalue weighted by molar-refractivity contribution is 0.394. The van der Waals surface area contributed by atoms with E-state index in [1.165, 1.54) is 25.7 Å². The number of nitrogens with two attached hydrogens (primary N) is 1. The molecule has 2 aromatic rings. The van der Waals surface area contributed by atoms with Gasteiger partial charge in [0.25, 0.3) is 0 Å². The number of thioether (sulfide) groups is 1. The van der Waals surface area contributed by atoms with Gasteiger partial charge in [0.05, 0.1) is 5.75 Å². The summed E-state index contributed by atoms with van der Waals surface area (Å²) in [4.78, 5) is 4.51. The highest BCUT2D eigenvalue weighted by molar-refractivity contribution is 7.99. The number of hydrogen-bond donors (Lipinski definition) is 1. The van der Waals surface area contributed by atoms with Crippen molar-refractivity contribution in [3.05, 3.63) is 24.1 Å². The van der Waals surface area contributed by atoms with Gasteiger partial charge in [-0.05, 0) is 30.9 Å². The molecule has 1 fully saturated rings. The number of anilines is 1. The smallest absolute Gasteiger partial charge is 0.205 e. The third-order valence-electron chi connectivity index (χ3n) is 3.79. The Hall–Kier alpha value is -1.16. The maximum absolute atomic E-state index is 5.75. The molecule has 1 aliphatic carbocycles. The number of rotatable bonds is 3. The monoisotopic (exact) mass is 276 g/mol. The second-order valence-corrected chi connectivity index (χ2v) is 6.83. The molecular weight excluding hydrogens is 256 g/mol. The SMILES string of the molecule is CC1CCCC(SCc2nc3ccc(N)cc3o2)C1. The van der Waals surface area contributed by atoms with Crippen molar-refractivity contribution in [1.29, 1.82) is 0 Å². The third kappa shape index (κ3) is 3.06. The van der Waals surface area contributed by atoms with Crippen molar-refractivity contribution in [2.75, 3.05) is 5.73 Å². The largest absolute Gasteiger partial charge is 0.440 e. The van der Waals surface area contributed by atoms with E-state index in [1.54, 1.807) is 0 Å². The van der Waals surface area contributed by atoms with Crippen molar-refractivity contribution in [3.63, 3.8) is 0 Å². The first-order valence-corrected chi connectivity index (χ1v) is 8.02. The van der Waals surface area contributed by atoms with Crippen LogP contribution in [0.5, 0.6) is 0 Å². The summed E-state index contributed by atoms with van der Waals surface area (Å²) in [5.74, 6) is 2.56. The molecule has 1 heterocycles.